The van der Waals surface area contributed by atoms with Crippen molar-refractivity contribution in [1.29, 1.82) is 0 Å². The number of piperazine rings is 1. The fourth-order valence-electron chi connectivity index (χ4n) is 5.20. The van der Waals surface area contributed by atoms with E-state index in [1.54, 1.807) is 41.0 Å². The summed E-state index contributed by atoms with van der Waals surface area (Å²) in [5.74, 6) is -0.717. The van der Waals surface area contributed by atoms with Crippen molar-refractivity contribution in [2.75, 3.05) is 39.4 Å². The van der Waals surface area contributed by atoms with Crippen LogP contribution in [-0.2, 0) is 14.3 Å². The average molecular weight is 610 g/mol. The summed E-state index contributed by atoms with van der Waals surface area (Å²) in [6.07, 6.45) is 5.58. The Kier molecular flexibility index (Phi) is 11.9. The predicted molar refractivity (Wildman–Crippen MR) is 162 cm³/mol. The van der Waals surface area contributed by atoms with Crippen LogP contribution in [0.15, 0.2) is 30.3 Å². The van der Waals surface area contributed by atoms with Gasteiger partial charge in [-0.1, -0.05) is 32.4 Å². The first-order chi connectivity index (χ1) is 21.3. The zero-order valence-corrected chi connectivity index (χ0v) is 25.9. The number of ether oxygens (including phenoxy) is 3. The molecule has 1 aliphatic heterocycles. The molecular weight excluding hydrogens is 566 g/mol. The van der Waals surface area contributed by atoms with Crippen molar-refractivity contribution in [3.05, 3.63) is 41.6 Å². The molecule has 1 aliphatic carbocycles. The van der Waals surface area contributed by atoms with E-state index in [0.29, 0.717) is 50.3 Å². The van der Waals surface area contributed by atoms with Crippen LogP contribution in [0, 0.1) is 0 Å². The number of hydrogen-bond acceptors (Lipinski definition) is 9. The van der Waals surface area contributed by atoms with Crippen LogP contribution in [0.1, 0.15) is 86.6 Å². The lowest BCUT2D eigenvalue weighted by atomic mass is 10.1. The monoisotopic (exact) mass is 609 g/mol. The number of nitrogens with one attached hydrogen (secondary N) is 1. The van der Waals surface area contributed by atoms with Gasteiger partial charge in [-0.15, -0.1) is 0 Å². The summed E-state index contributed by atoms with van der Waals surface area (Å²) in [6, 6.07) is 7.48. The minimum absolute atomic E-state index is 0.00761. The van der Waals surface area contributed by atoms with Gasteiger partial charge in [0.25, 0.3) is 5.91 Å². The van der Waals surface area contributed by atoms with Crippen molar-refractivity contribution in [2.45, 2.75) is 77.9 Å². The van der Waals surface area contributed by atoms with Crippen LogP contribution in [0.2, 0.25) is 0 Å². The third-order valence-corrected chi connectivity index (χ3v) is 7.74. The zero-order chi connectivity index (χ0) is 31.5. The maximum atomic E-state index is 13.5. The van der Waals surface area contributed by atoms with Gasteiger partial charge in [0.15, 0.2) is 5.82 Å². The van der Waals surface area contributed by atoms with Crippen molar-refractivity contribution in [3.63, 3.8) is 0 Å². The third-order valence-electron chi connectivity index (χ3n) is 7.74. The van der Waals surface area contributed by atoms with Gasteiger partial charge in [0, 0.05) is 37.8 Å². The van der Waals surface area contributed by atoms with E-state index >= 15 is 0 Å². The van der Waals surface area contributed by atoms with Gasteiger partial charge in [0.05, 0.1) is 18.8 Å². The topological polar surface area (TPSA) is 140 Å². The van der Waals surface area contributed by atoms with Gasteiger partial charge in [-0.25, -0.2) is 14.6 Å². The largest absolute Gasteiger partial charge is 0.474 e. The Morgan fingerprint density at radius 2 is 1.68 bits per heavy atom. The number of esters is 1. The standard InChI is InChI=1S/C32H43N5O7/c1-4-7-19-43-31(40)23-12-10-11-22(20-23)28-33-26(21-27(35-28)44-24-13-8-9-14-24)29(38)34-25(5-2)30(39)36-15-17-37(18-16-36)32(41)42-6-3/h10-12,20-21,24-25H,4-9,13-19H2,1-3H3,(H,34,38). The molecule has 3 amide bonds. The first kappa shape index (κ1) is 32.7. The molecule has 2 aliphatic rings. The number of unbranched alkanes of at least 4 members (excludes halogenated alkanes) is 1. The van der Waals surface area contributed by atoms with Crippen LogP contribution in [-0.4, -0.2) is 95.2 Å². The highest BCUT2D eigenvalue weighted by atomic mass is 16.6. The second kappa shape index (κ2) is 16.0. The Bertz CT molecular complexity index is 1310. The number of benzene rings is 1. The van der Waals surface area contributed by atoms with Gasteiger partial charge >= 0.3 is 12.1 Å². The number of hydrogen-bond donors (Lipinski definition) is 1. The number of carbonyl (C=O) groups excluding carboxylic acids is 4. The summed E-state index contributed by atoms with van der Waals surface area (Å²) in [5.41, 5.74) is 0.941. The summed E-state index contributed by atoms with van der Waals surface area (Å²) in [5, 5.41) is 2.84. The molecule has 1 atom stereocenters. The average Bonchev–Trinajstić information content (AvgIpc) is 3.56. The Labute approximate surface area is 258 Å². The molecule has 0 bridgehead atoms. The van der Waals surface area contributed by atoms with Gasteiger partial charge in [-0.3, -0.25) is 9.59 Å². The number of rotatable bonds is 12. The molecule has 12 heteroatoms. The molecule has 2 heterocycles. The summed E-state index contributed by atoms with van der Waals surface area (Å²) < 4.78 is 16.6. The van der Waals surface area contributed by atoms with Crippen LogP contribution in [0.25, 0.3) is 11.4 Å². The van der Waals surface area contributed by atoms with E-state index in [1.165, 1.54) is 6.07 Å². The molecular formula is C32H43N5O7. The molecule has 2 aromatic rings. The van der Waals surface area contributed by atoms with Crippen molar-refractivity contribution < 1.29 is 33.4 Å². The fourth-order valence-corrected chi connectivity index (χ4v) is 5.20. The molecule has 1 N–H and O–H groups in total. The SMILES string of the molecule is CCCCOC(=O)c1cccc(-c2nc(OC3CCCC3)cc(C(=O)NC(CC)C(=O)N3CCN(C(=O)OCC)CC3)n2)c1. The quantitative estimate of drug-likeness (QED) is 0.276. The molecule has 1 saturated carbocycles. The minimum Gasteiger partial charge on any atom is -0.474 e. The zero-order valence-electron chi connectivity index (χ0n) is 25.9. The van der Waals surface area contributed by atoms with Gasteiger partial charge in [0.1, 0.15) is 17.8 Å². The maximum Gasteiger partial charge on any atom is 0.409 e. The van der Waals surface area contributed by atoms with Crippen molar-refractivity contribution in [2.24, 2.45) is 0 Å². The summed E-state index contributed by atoms with van der Waals surface area (Å²) in [6.45, 7) is 7.63. The molecule has 1 aromatic carbocycles. The second-order valence-corrected chi connectivity index (χ2v) is 11.0. The molecule has 44 heavy (non-hydrogen) atoms. The predicted octanol–water partition coefficient (Wildman–Crippen LogP) is 4.23. The number of aromatic nitrogens is 2. The van der Waals surface area contributed by atoms with E-state index in [1.807, 2.05) is 13.8 Å². The van der Waals surface area contributed by atoms with Crippen LogP contribution in [0.5, 0.6) is 5.88 Å². The van der Waals surface area contributed by atoms with E-state index in [0.717, 1.165) is 38.5 Å². The summed E-state index contributed by atoms with van der Waals surface area (Å²) in [7, 11) is 0. The summed E-state index contributed by atoms with van der Waals surface area (Å²) >= 11 is 0. The minimum atomic E-state index is -0.782. The number of carbonyl (C=O) groups is 4. The molecule has 4 rings (SSSR count). The number of nitrogens with zero attached hydrogens (tertiary/aromatic N) is 4. The Morgan fingerprint density at radius 3 is 2.36 bits per heavy atom. The second-order valence-electron chi connectivity index (χ2n) is 11.0. The van der Waals surface area contributed by atoms with Gasteiger partial charge in [-0.05, 0) is 57.6 Å². The Morgan fingerprint density at radius 1 is 0.955 bits per heavy atom. The smallest absolute Gasteiger partial charge is 0.409 e. The van der Waals surface area contributed by atoms with Crippen molar-refractivity contribution >= 4 is 23.9 Å². The molecule has 0 spiro atoms. The Balaban J connectivity index is 1.52. The molecule has 1 saturated heterocycles. The molecule has 238 valence electrons. The van der Waals surface area contributed by atoms with Gasteiger partial charge in [0.2, 0.25) is 11.8 Å². The van der Waals surface area contributed by atoms with Crippen molar-refractivity contribution in [3.8, 4) is 17.3 Å². The third kappa shape index (κ3) is 8.67. The molecule has 0 radical (unpaired) electrons. The molecule has 1 aromatic heterocycles. The van der Waals surface area contributed by atoms with Gasteiger partial charge in [-0.2, -0.15) is 4.98 Å². The van der Waals surface area contributed by atoms with Crippen LogP contribution >= 0.6 is 0 Å². The Hall–Kier alpha value is -4.22. The molecule has 2 fully saturated rings. The first-order valence-corrected chi connectivity index (χ1v) is 15.7. The van der Waals surface area contributed by atoms with E-state index in [-0.39, 0.29) is 36.0 Å². The maximum absolute atomic E-state index is 13.5. The van der Waals surface area contributed by atoms with E-state index in [4.69, 9.17) is 14.2 Å². The highest BCUT2D eigenvalue weighted by Crippen LogP contribution is 2.26. The van der Waals surface area contributed by atoms with Crippen LogP contribution < -0.4 is 10.1 Å². The van der Waals surface area contributed by atoms with Crippen LogP contribution in [0.4, 0.5) is 4.79 Å². The highest BCUT2D eigenvalue weighted by Gasteiger charge is 2.30. The van der Waals surface area contributed by atoms with E-state index < -0.39 is 24.0 Å². The molecule has 12 nitrogen and oxygen atoms in total. The lowest BCUT2D eigenvalue weighted by Crippen LogP contribution is -2.55. The van der Waals surface area contributed by atoms with E-state index in [2.05, 4.69) is 15.3 Å². The van der Waals surface area contributed by atoms with E-state index in [9.17, 15) is 19.2 Å². The first-order valence-electron chi connectivity index (χ1n) is 15.7. The lowest BCUT2D eigenvalue weighted by molar-refractivity contribution is -0.134. The normalized spacial score (nSPS) is 15.9. The fraction of sp³-hybridized carbons (Fsp3) is 0.562. The van der Waals surface area contributed by atoms with Crippen LogP contribution in [0.3, 0.4) is 0 Å². The summed E-state index contributed by atoms with van der Waals surface area (Å²) in [4.78, 5) is 63.8. The molecule has 1 unspecified atom stereocenters. The van der Waals surface area contributed by atoms with Gasteiger partial charge < -0.3 is 29.3 Å². The lowest BCUT2D eigenvalue weighted by Gasteiger charge is -2.35. The number of amides is 3. The highest BCUT2D eigenvalue weighted by molar-refractivity contribution is 5.97. The van der Waals surface area contributed by atoms with Crippen molar-refractivity contribution in [1.82, 2.24) is 25.1 Å².